The van der Waals surface area contributed by atoms with E-state index in [0.29, 0.717) is 0 Å². The van der Waals surface area contributed by atoms with Crippen molar-refractivity contribution < 1.29 is 4.74 Å². The molecule has 0 aromatic heterocycles. The standard InChI is InChI=1S/C17H24N2O/c1-3-13-6-8-18-17(13)14(4-1)11-19-9-2-5-15-12-20-10-7-16(15)19/h1,3-4,15-16,18H,2,5-12H2. The van der Waals surface area contributed by atoms with Crippen molar-refractivity contribution >= 4 is 5.69 Å². The Bertz CT molecular complexity index is 486. The monoisotopic (exact) mass is 272 g/mol. The molecule has 2 fully saturated rings. The van der Waals surface area contributed by atoms with Crippen molar-refractivity contribution in [3.05, 3.63) is 29.3 Å². The van der Waals surface area contributed by atoms with Crippen LogP contribution in [0.5, 0.6) is 0 Å². The Hall–Kier alpha value is -1.06. The second-order valence-electron chi connectivity index (χ2n) is 6.43. The molecule has 3 nitrogen and oxygen atoms in total. The van der Waals surface area contributed by atoms with Crippen LogP contribution in [-0.2, 0) is 17.7 Å². The van der Waals surface area contributed by atoms with Gasteiger partial charge in [0.1, 0.15) is 0 Å². The molecule has 108 valence electrons. The smallest absolute Gasteiger partial charge is 0.0509 e. The molecule has 4 rings (SSSR count). The highest BCUT2D eigenvalue weighted by Crippen LogP contribution is 2.33. The van der Waals surface area contributed by atoms with Crippen LogP contribution in [0.2, 0.25) is 0 Å². The number of fused-ring (bicyclic) bond motifs is 2. The summed E-state index contributed by atoms with van der Waals surface area (Å²) >= 11 is 0. The van der Waals surface area contributed by atoms with Crippen LogP contribution in [-0.4, -0.2) is 37.2 Å². The minimum Gasteiger partial charge on any atom is -0.384 e. The van der Waals surface area contributed by atoms with Crippen LogP contribution < -0.4 is 5.32 Å². The third kappa shape index (κ3) is 2.23. The average molecular weight is 272 g/mol. The van der Waals surface area contributed by atoms with Crippen LogP contribution in [0.3, 0.4) is 0 Å². The zero-order chi connectivity index (χ0) is 13.4. The molecule has 20 heavy (non-hydrogen) atoms. The summed E-state index contributed by atoms with van der Waals surface area (Å²) < 4.78 is 5.67. The Labute approximate surface area is 121 Å². The molecule has 3 heteroatoms. The molecule has 0 bridgehead atoms. The second kappa shape index (κ2) is 5.38. The van der Waals surface area contributed by atoms with Crippen molar-refractivity contribution in [3.63, 3.8) is 0 Å². The molecule has 0 aliphatic carbocycles. The summed E-state index contributed by atoms with van der Waals surface area (Å²) in [4.78, 5) is 2.71. The number of anilines is 1. The molecular formula is C17H24N2O. The van der Waals surface area contributed by atoms with Crippen LogP contribution in [0.1, 0.15) is 30.4 Å². The normalized spacial score (nSPS) is 29.6. The Morgan fingerprint density at radius 2 is 2.30 bits per heavy atom. The lowest BCUT2D eigenvalue weighted by Crippen LogP contribution is -2.49. The van der Waals surface area contributed by atoms with Gasteiger partial charge in [0.25, 0.3) is 0 Å². The summed E-state index contributed by atoms with van der Waals surface area (Å²) in [6, 6.07) is 7.55. The first kappa shape index (κ1) is 12.7. The molecule has 2 saturated heterocycles. The maximum Gasteiger partial charge on any atom is 0.0509 e. The lowest BCUT2D eigenvalue weighted by Gasteiger charge is -2.44. The molecule has 0 saturated carbocycles. The third-order valence-corrected chi connectivity index (χ3v) is 5.23. The molecule has 1 aromatic rings. The topological polar surface area (TPSA) is 24.5 Å². The maximum atomic E-state index is 5.67. The largest absolute Gasteiger partial charge is 0.384 e. The number of rotatable bonds is 2. The van der Waals surface area contributed by atoms with Gasteiger partial charge in [0.05, 0.1) is 6.61 Å². The fourth-order valence-electron chi connectivity index (χ4n) is 4.22. The number of piperidine rings is 1. The summed E-state index contributed by atoms with van der Waals surface area (Å²) in [5.41, 5.74) is 4.41. The predicted molar refractivity (Wildman–Crippen MR) is 81.0 cm³/mol. The highest BCUT2D eigenvalue weighted by molar-refractivity contribution is 5.61. The lowest BCUT2D eigenvalue weighted by atomic mass is 9.86. The molecule has 0 amide bonds. The van der Waals surface area contributed by atoms with E-state index >= 15 is 0 Å². The summed E-state index contributed by atoms with van der Waals surface area (Å²) in [6.07, 6.45) is 5.08. The fraction of sp³-hybridized carbons (Fsp3) is 0.647. The van der Waals surface area contributed by atoms with Gasteiger partial charge in [0.2, 0.25) is 0 Å². The van der Waals surface area contributed by atoms with E-state index in [0.717, 1.165) is 38.3 Å². The first-order valence-electron chi connectivity index (χ1n) is 8.08. The van der Waals surface area contributed by atoms with E-state index < -0.39 is 0 Å². The lowest BCUT2D eigenvalue weighted by molar-refractivity contribution is -0.0383. The molecule has 3 aliphatic heterocycles. The molecular weight excluding hydrogens is 248 g/mol. The van der Waals surface area contributed by atoms with E-state index in [4.69, 9.17) is 4.74 Å². The van der Waals surface area contributed by atoms with Crippen LogP contribution in [0.15, 0.2) is 18.2 Å². The molecule has 0 radical (unpaired) electrons. The van der Waals surface area contributed by atoms with Gasteiger partial charge in [-0.3, -0.25) is 4.90 Å². The predicted octanol–water partition coefficient (Wildman–Crippen LogP) is 2.66. The second-order valence-corrected chi connectivity index (χ2v) is 6.43. The number of benzene rings is 1. The Morgan fingerprint density at radius 3 is 3.30 bits per heavy atom. The van der Waals surface area contributed by atoms with E-state index in [-0.39, 0.29) is 0 Å². The number of ether oxygens (including phenoxy) is 1. The number of para-hydroxylation sites is 1. The van der Waals surface area contributed by atoms with Gasteiger partial charge in [0, 0.05) is 31.4 Å². The first-order valence-corrected chi connectivity index (χ1v) is 8.08. The quantitative estimate of drug-likeness (QED) is 0.896. The molecule has 1 aromatic carbocycles. The Morgan fingerprint density at radius 1 is 1.30 bits per heavy atom. The summed E-state index contributed by atoms with van der Waals surface area (Å²) in [5.74, 6) is 0.766. The number of hydrogen-bond acceptors (Lipinski definition) is 3. The van der Waals surface area contributed by atoms with E-state index in [2.05, 4.69) is 28.4 Å². The van der Waals surface area contributed by atoms with Gasteiger partial charge in [-0.05, 0) is 49.3 Å². The Kier molecular flexibility index (Phi) is 3.41. The van der Waals surface area contributed by atoms with E-state index in [9.17, 15) is 0 Å². The summed E-state index contributed by atoms with van der Waals surface area (Å²) in [7, 11) is 0. The number of nitrogens with one attached hydrogen (secondary N) is 1. The number of nitrogens with zero attached hydrogens (tertiary/aromatic N) is 1. The first-order chi connectivity index (χ1) is 9.92. The van der Waals surface area contributed by atoms with Gasteiger partial charge in [0.15, 0.2) is 0 Å². The average Bonchev–Trinajstić information content (AvgIpc) is 2.97. The zero-order valence-electron chi connectivity index (χ0n) is 12.1. The van der Waals surface area contributed by atoms with Crippen molar-refractivity contribution in [1.82, 2.24) is 4.90 Å². The number of likely N-dealkylation sites (tertiary alicyclic amines) is 1. The zero-order valence-corrected chi connectivity index (χ0v) is 12.1. The molecule has 3 heterocycles. The molecule has 2 unspecified atom stereocenters. The van der Waals surface area contributed by atoms with Crippen molar-refractivity contribution in [1.29, 1.82) is 0 Å². The Balaban J connectivity index is 1.54. The van der Waals surface area contributed by atoms with E-state index in [1.807, 2.05) is 0 Å². The molecule has 1 N–H and O–H groups in total. The maximum absolute atomic E-state index is 5.67. The van der Waals surface area contributed by atoms with Crippen LogP contribution >= 0.6 is 0 Å². The minimum absolute atomic E-state index is 0.745. The summed E-state index contributed by atoms with van der Waals surface area (Å²) in [5, 5.41) is 3.58. The van der Waals surface area contributed by atoms with E-state index in [1.165, 1.54) is 49.0 Å². The third-order valence-electron chi connectivity index (χ3n) is 5.23. The highest BCUT2D eigenvalue weighted by atomic mass is 16.5. The molecule has 0 spiro atoms. The summed E-state index contributed by atoms with van der Waals surface area (Å²) in [6.45, 7) is 5.39. The van der Waals surface area contributed by atoms with Gasteiger partial charge >= 0.3 is 0 Å². The van der Waals surface area contributed by atoms with Crippen molar-refractivity contribution in [2.24, 2.45) is 5.92 Å². The van der Waals surface area contributed by atoms with Crippen molar-refractivity contribution in [3.8, 4) is 0 Å². The molecule has 3 aliphatic rings. The van der Waals surface area contributed by atoms with Gasteiger partial charge in [-0.15, -0.1) is 0 Å². The van der Waals surface area contributed by atoms with Gasteiger partial charge in [-0.2, -0.15) is 0 Å². The fourth-order valence-corrected chi connectivity index (χ4v) is 4.22. The van der Waals surface area contributed by atoms with Crippen LogP contribution in [0, 0.1) is 5.92 Å². The SMILES string of the molecule is c1cc2c(c(CN3CCCC4COCCC43)c1)NCC2. The number of hydrogen-bond donors (Lipinski definition) is 1. The van der Waals surface area contributed by atoms with E-state index in [1.54, 1.807) is 0 Å². The van der Waals surface area contributed by atoms with Gasteiger partial charge in [-0.25, -0.2) is 0 Å². The van der Waals surface area contributed by atoms with Crippen LogP contribution in [0.4, 0.5) is 5.69 Å². The van der Waals surface area contributed by atoms with Gasteiger partial charge in [-0.1, -0.05) is 18.2 Å². The van der Waals surface area contributed by atoms with Gasteiger partial charge < -0.3 is 10.1 Å². The molecule has 2 atom stereocenters. The van der Waals surface area contributed by atoms with Crippen molar-refractivity contribution in [2.75, 3.05) is 31.6 Å². The minimum atomic E-state index is 0.745. The van der Waals surface area contributed by atoms with Crippen LogP contribution in [0.25, 0.3) is 0 Å². The highest BCUT2D eigenvalue weighted by Gasteiger charge is 2.34. The van der Waals surface area contributed by atoms with Crippen molar-refractivity contribution in [2.45, 2.75) is 38.3 Å².